The lowest BCUT2D eigenvalue weighted by Gasteiger charge is -2.34. The average molecular weight is 471 g/mol. The molecule has 2 rings (SSSR count). The molecule has 3 N–H and O–H groups in total. The van der Waals surface area contributed by atoms with Crippen LogP contribution in [0, 0.1) is 5.92 Å². The number of rotatable bonds is 9. The quantitative estimate of drug-likeness (QED) is 0.578. The molecular weight excluding hydrogens is 437 g/mol. The van der Waals surface area contributed by atoms with Crippen LogP contribution in [0.25, 0.3) is 0 Å². The van der Waals surface area contributed by atoms with Crippen LogP contribution in [0.15, 0.2) is 30.3 Å². The van der Waals surface area contributed by atoms with E-state index in [4.69, 9.17) is 5.73 Å². The van der Waals surface area contributed by atoms with E-state index in [1.807, 2.05) is 0 Å². The van der Waals surface area contributed by atoms with Crippen molar-refractivity contribution >= 4 is 17.7 Å². The largest absolute Gasteiger partial charge is 0.471 e. The third-order valence-corrected chi connectivity index (χ3v) is 5.78. The summed E-state index contributed by atoms with van der Waals surface area (Å²) in [6.07, 6.45) is -3.65. The lowest BCUT2D eigenvalue weighted by molar-refractivity contribution is -0.186. The van der Waals surface area contributed by atoms with E-state index in [9.17, 15) is 27.6 Å². The Morgan fingerprint density at radius 2 is 1.82 bits per heavy atom. The molecule has 1 heterocycles. The van der Waals surface area contributed by atoms with Gasteiger partial charge in [0.2, 0.25) is 11.8 Å². The highest BCUT2D eigenvalue weighted by molar-refractivity contribution is 5.90. The third-order valence-electron chi connectivity index (χ3n) is 5.78. The van der Waals surface area contributed by atoms with Crippen LogP contribution >= 0.6 is 0 Å². The highest BCUT2D eigenvalue weighted by atomic mass is 19.4. The van der Waals surface area contributed by atoms with E-state index in [0.717, 1.165) is 10.5 Å². The van der Waals surface area contributed by atoms with Gasteiger partial charge in [-0.15, -0.1) is 0 Å². The fourth-order valence-electron chi connectivity index (χ4n) is 3.91. The summed E-state index contributed by atoms with van der Waals surface area (Å²) in [6.45, 7) is 5.07. The Bertz CT molecular complexity index is 815. The van der Waals surface area contributed by atoms with Crippen molar-refractivity contribution in [3.8, 4) is 0 Å². The molecule has 1 aliphatic heterocycles. The van der Waals surface area contributed by atoms with Gasteiger partial charge < -0.3 is 20.9 Å². The Morgan fingerprint density at radius 3 is 2.36 bits per heavy atom. The second-order valence-electron chi connectivity index (χ2n) is 8.83. The summed E-state index contributed by atoms with van der Waals surface area (Å²) in [5, 5.41) is 2.64. The predicted molar refractivity (Wildman–Crippen MR) is 118 cm³/mol. The van der Waals surface area contributed by atoms with E-state index in [2.05, 4.69) is 5.32 Å². The summed E-state index contributed by atoms with van der Waals surface area (Å²) in [7, 11) is 0. The van der Waals surface area contributed by atoms with E-state index >= 15 is 0 Å². The van der Waals surface area contributed by atoms with Crippen molar-refractivity contribution in [3.63, 3.8) is 0 Å². The number of nitrogens with zero attached hydrogens (tertiary/aromatic N) is 2. The third kappa shape index (κ3) is 7.45. The maximum absolute atomic E-state index is 13.3. The number of likely N-dealkylation sites (tertiary alicyclic amines) is 1. The molecule has 3 amide bonds. The lowest BCUT2D eigenvalue weighted by Crippen LogP contribution is -2.57. The molecule has 0 bridgehead atoms. The fourth-order valence-corrected chi connectivity index (χ4v) is 3.91. The summed E-state index contributed by atoms with van der Waals surface area (Å²) in [6, 6.07) is 6.74. The van der Waals surface area contributed by atoms with E-state index in [-0.39, 0.29) is 31.3 Å². The molecule has 10 heteroatoms. The minimum Gasteiger partial charge on any atom is -0.343 e. The van der Waals surface area contributed by atoms with Gasteiger partial charge in [0.25, 0.3) is 0 Å². The minimum atomic E-state index is -5.00. The summed E-state index contributed by atoms with van der Waals surface area (Å²) < 4.78 is 39.8. The molecule has 0 aliphatic carbocycles. The fraction of sp³-hybridized carbons (Fsp3) is 0.609. The van der Waals surface area contributed by atoms with E-state index < -0.39 is 36.1 Å². The molecule has 3 atom stereocenters. The Morgan fingerprint density at radius 1 is 1.18 bits per heavy atom. The zero-order valence-corrected chi connectivity index (χ0v) is 19.3. The smallest absolute Gasteiger partial charge is 0.343 e. The van der Waals surface area contributed by atoms with Crippen LogP contribution in [-0.2, 0) is 20.8 Å². The second kappa shape index (κ2) is 11.5. The van der Waals surface area contributed by atoms with Crippen molar-refractivity contribution < 1.29 is 27.6 Å². The molecule has 1 aliphatic rings. The molecule has 1 aromatic carbocycles. The van der Waals surface area contributed by atoms with Gasteiger partial charge in [0.1, 0.15) is 6.04 Å². The Kier molecular flexibility index (Phi) is 9.27. The number of benzene rings is 1. The molecule has 0 unspecified atom stereocenters. The van der Waals surface area contributed by atoms with Crippen molar-refractivity contribution in [1.82, 2.24) is 15.1 Å². The van der Waals surface area contributed by atoms with Crippen LogP contribution in [0.3, 0.4) is 0 Å². The first kappa shape index (κ1) is 26.6. The zero-order valence-electron chi connectivity index (χ0n) is 19.3. The summed E-state index contributed by atoms with van der Waals surface area (Å²) >= 11 is 0. The van der Waals surface area contributed by atoms with Crippen LogP contribution in [0.4, 0.5) is 13.2 Å². The first-order valence-corrected chi connectivity index (χ1v) is 11.2. The number of halogens is 3. The molecule has 0 aromatic heterocycles. The Labute approximate surface area is 192 Å². The normalized spacial score (nSPS) is 18.2. The Hall–Kier alpha value is -2.62. The average Bonchev–Trinajstić information content (AvgIpc) is 3.21. The maximum atomic E-state index is 13.3. The molecule has 1 saturated heterocycles. The van der Waals surface area contributed by atoms with Crippen molar-refractivity contribution in [2.75, 3.05) is 19.6 Å². The van der Waals surface area contributed by atoms with Crippen molar-refractivity contribution in [2.45, 2.75) is 64.3 Å². The van der Waals surface area contributed by atoms with Gasteiger partial charge in [-0.05, 0) is 37.7 Å². The van der Waals surface area contributed by atoms with Gasteiger partial charge in [-0.3, -0.25) is 14.4 Å². The standard InChI is InChI=1S/C23H33F3N4O3/c1-15(2)19(28-20(31)16(3)27)21(32)30-12-7-10-18(30)14-29(22(33)23(24,25)26)13-11-17-8-5-4-6-9-17/h4-6,8-9,15-16,18-19H,7,10-14,27H2,1-3H3,(H,28,31)/t16-,18-,19-/m0/s1. The van der Waals surface area contributed by atoms with Crippen LogP contribution in [0.5, 0.6) is 0 Å². The maximum Gasteiger partial charge on any atom is 0.471 e. The van der Waals surface area contributed by atoms with Crippen LogP contribution in [0.2, 0.25) is 0 Å². The summed E-state index contributed by atoms with van der Waals surface area (Å²) in [5.74, 6) is -3.01. The van der Waals surface area contributed by atoms with Gasteiger partial charge in [0.15, 0.2) is 0 Å². The number of nitrogens with one attached hydrogen (secondary N) is 1. The van der Waals surface area contributed by atoms with Gasteiger partial charge in [-0.25, -0.2) is 0 Å². The number of hydrogen-bond acceptors (Lipinski definition) is 4. The van der Waals surface area contributed by atoms with Crippen LogP contribution in [-0.4, -0.2) is 71.5 Å². The van der Waals surface area contributed by atoms with Gasteiger partial charge in [0.05, 0.1) is 6.04 Å². The van der Waals surface area contributed by atoms with E-state index in [0.29, 0.717) is 19.4 Å². The van der Waals surface area contributed by atoms with Crippen molar-refractivity contribution in [1.29, 1.82) is 0 Å². The number of carbonyl (C=O) groups is 3. The number of amides is 3. The lowest BCUT2D eigenvalue weighted by atomic mass is 10.0. The Balaban J connectivity index is 2.17. The number of nitrogens with two attached hydrogens (primary N) is 1. The predicted octanol–water partition coefficient (Wildman–Crippen LogP) is 2.10. The summed E-state index contributed by atoms with van der Waals surface area (Å²) in [5.41, 5.74) is 6.41. The van der Waals surface area contributed by atoms with Crippen molar-refractivity contribution in [3.05, 3.63) is 35.9 Å². The molecule has 7 nitrogen and oxygen atoms in total. The molecule has 1 fully saturated rings. The zero-order chi connectivity index (χ0) is 24.8. The van der Waals surface area contributed by atoms with Crippen molar-refractivity contribution in [2.24, 2.45) is 11.7 Å². The molecule has 184 valence electrons. The van der Waals surface area contributed by atoms with Gasteiger partial charge in [-0.2, -0.15) is 13.2 Å². The molecular formula is C23H33F3N4O3. The first-order valence-electron chi connectivity index (χ1n) is 11.2. The first-order chi connectivity index (χ1) is 15.4. The highest BCUT2D eigenvalue weighted by Gasteiger charge is 2.44. The van der Waals surface area contributed by atoms with Gasteiger partial charge in [0, 0.05) is 25.7 Å². The highest BCUT2D eigenvalue weighted by Crippen LogP contribution is 2.24. The number of carbonyl (C=O) groups excluding carboxylic acids is 3. The van der Waals surface area contributed by atoms with Crippen LogP contribution in [0.1, 0.15) is 39.2 Å². The molecule has 33 heavy (non-hydrogen) atoms. The monoisotopic (exact) mass is 470 g/mol. The summed E-state index contributed by atoms with van der Waals surface area (Å²) in [4.78, 5) is 39.7. The van der Waals surface area contributed by atoms with E-state index in [1.54, 1.807) is 44.2 Å². The number of hydrogen-bond donors (Lipinski definition) is 2. The van der Waals surface area contributed by atoms with E-state index in [1.165, 1.54) is 11.8 Å². The van der Waals surface area contributed by atoms with Gasteiger partial charge in [-0.1, -0.05) is 44.2 Å². The molecule has 0 saturated carbocycles. The SMILES string of the molecule is CC(C)[C@H](NC(=O)[C@H](C)N)C(=O)N1CCC[C@H]1CN(CCc1ccccc1)C(=O)C(F)(F)F. The minimum absolute atomic E-state index is 0.115. The molecule has 0 radical (unpaired) electrons. The van der Waals surface area contributed by atoms with Gasteiger partial charge >= 0.3 is 12.1 Å². The van der Waals surface area contributed by atoms with Crippen LogP contribution < -0.4 is 11.1 Å². The molecule has 0 spiro atoms. The molecule has 1 aromatic rings. The number of alkyl halides is 3. The second-order valence-corrected chi connectivity index (χ2v) is 8.83. The topological polar surface area (TPSA) is 95.7 Å².